The van der Waals surface area contributed by atoms with Crippen LogP contribution in [-0.4, -0.2) is 20.7 Å². The summed E-state index contributed by atoms with van der Waals surface area (Å²) < 4.78 is 1.83. The molecule has 3 rings (SSSR count). The summed E-state index contributed by atoms with van der Waals surface area (Å²) in [6, 6.07) is 7.72. The van der Waals surface area contributed by atoms with Crippen molar-refractivity contribution in [1.29, 1.82) is 0 Å². The number of allylic oxidation sites excluding steroid dienone is 2. The van der Waals surface area contributed by atoms with Gasteiger partial charge in [-0.1, -0.05) is 18.2 Å². The highest BCUT2D eigenvalue weighted by atomic mass is 16.1. The van der Waals surface area contributed by atoms with E-state index >= 15 is 0 Å². The van der Waals surface area contributed by atoms with Gasteiger partial charge < -0.3 is 5.32 Å². The van der Waals surface area contributed by atoms with Gasteiger partial charge in [-0.15, -0.1) is 0 Å². The second-order valence-electron chi connectivity index (χ2n) is 5.55. The van der Waals surface area contributed by atoms with Crippen LogP contribution in [0.2, 0.25) is 0 Å². The average molecular weight is 296 g/mol. The van der Waals surface area contributed by atoms with Gasteiger partial charge in [0.15, 0.2) is 5.82 Å². The largest absolute Gasteiger partial charge is 0.309 e. The highest BCUT2D eigenvalue weighted by Crippen LogP contribution is 2.20. The first-order valence-corrected chi connectivity index (χ1v) is 7.69. The van der Waals surface area contributed by atoms with Crippen LogP contribution < -0.4 is 5.32 Å². The van der Waals surface area contributed by atoms with Crippen molar-refractivity contribution in [3.8, 4) is 0 Å². The lowest BCUT2D eigenvalue weighted by molar-refractivity contribution is -0.116. The Morgan fingerprint density at radius 1 is 1.36 bits per heavy atom. The molecule has 114 valence electrons. The summed E-state index contributed by atoms with van der Waals surface area (Å²) in [5.74, 6) is 1.03. The van der Waals surface area contributed by atoms with E-state index in [0.717, 1.165) is 31.5 Å². The summed E-state index contributed by atoms with van der Waals surface area (Å²) in [5, 5.41) is 7.25. The number of carbonyl (C=O) groups excluding carboxylic acids is 1. The molecule has 5 nitrogen and oxygen atoms in total. The van der Waals surface area contributed by atoms with Crippen molar-refractivity contribution in [1.82, 2.24) is 14.8 Å². The quantitative estimate of drug-likeness (QED) is 0.834. The Bertz CT molecular complexity index is 648. The molecule has 0 spiro atoms. The number of carbonyl (C=O) groups is 1. The third-order valence-electron chi connectivity index (χ3n) is 3.79. The molecule has 0 aliphatic heterocycles. The van der Waals surface area contributed by atoms with E-state index in [1.165, 1.54) is 0 Å². The molecule has 0 aromatic carbocycles. The Balaban J connectivity index is 1.48. The normalized spacial score (nSPS) is 16.8. The maximum atomic E-state index is 12.0. The smallest absolute Gasteiger partial charge is 0.226 e. The number of nitrogens with one attached hydrogen (secondary N) is 1. The van der Waals surface area contributed by atoms with Crippen LogP contribution in [-0.2, 0) is 17.8 Å². The highest BCUT2D eigenvalue weighted by molar-refractivity contribution is 5.89. The van der Waals surface area contributed by atoms with Gasteiger partial charge in [0.2, 0.25) is 5.91 Å². The molecular weight excluding hydrogens is 276 g/mol. The molecule has 5 heteroatoms. The van der Waals surface area contributed by atoms with Crippen molar-refractivity contribution in [2.45, 2.75) is 32.2 Å². The van der Waals surface area contributed by atoms with Crippen LogP contribution in [0.5, 0.6) is 0 Å². The second-order valence-corrected chi connectivity index (χ2v) is 5.55. The molecular formula is C17H20N4O. The fourth-order valence-electron chi connectivity index (χ4n) is 2.63. The van der Waals surface area contributed by atoms with Crippen molar-refractivity contribution in [2.75, 3.05) is 5.32 Å². The first-order chi connectivity index (χ1) is 10.8. The van der Waals surface area contributed by atoms with Crippen LogP contribution in [0.15, 0.2) is 48.8 Å². The summed E-state index contributed by atoms with van der Waals surface area (Å²) in [5.41, 5.74) is 1.04. The van der Waals surface area contributed by atoms with E-state index in [0.29, 0.717) is 18.2 Å². The molecule has 1 amide bonds. The number of nitrogens with zero attached hydrogens (tertiary/aromatic N) is 3. The average Bonchev–Trinajstić information content (AvgIpc) is 3.18. The molecule has 1 aliphatic carbocycles. The van der Waals surface area contributed by atoms with Crippen molar-refractivity contribution in [3.05, 3.63) is 54.5 Å². The molecule has 0 radical (unpaired) electrons. The number of rotatable bonds is 6. The van der Waals surface area contributed by atoms with Crippen molar-refractivity contribution in [2.24, 2.45) is 5.92 Å². The number of amides is 1. The van der Waals surface area contributed by atoms with E-state index in [1.54, 1.807) is 6.20 Å². The van der Waals surface area contributed by atoms with Gasteiger partial charge in [-0.25, -0.2) is 0 Å². The molecule has 2 aromatic rings. The summed E-state index contributed by atoms with van der Waals surface area (Å²) in [6.07, 6.45) is 11.5. The Hall–Kier alpha value is -2.43. The van der Waals surface area contributed by atoms with Gasteiger partial charge >= 0.3 is 0 Å². The number of anilines is 1. The summed E-state index contributed by atoms with van der Waals surface area (Å²) in [4.78, 5) is 16.2. The van der Waals surface area contributed by atoms with Crippen LogP contribution in [0.4, 0.5) is 5.82 Å². The monoisotopic (exact) mass is 296 g/mol. The van der Waals surface area contributed by atoms with E-state index in [4.69, 9.17) is 0 Å². The van der Waals surface area contributed by atoms with Gasteiger partial charge in [0.1, 0.15) is 0 Å². The fraction of sp³-hybridized carbons (Fsp3) is 0.353. The molecule has 2 heterocycles. The van der Waals surface area contributed by atoms with Crippen LogP contribution in [0.3, 0.4) is 0 Å². The molecule has 0 saturated heterocycles. The lowest BCUT2D eigenvalue weighted by atomic mass is 10.1. The van der Waals surface area contributed by atoms with Gasteiger partial charge in [0, 0.05) is 43.5 Å². The lowest BCUT2D eigenvalue weighted by Gasteiger charge is -2.06. The number of hydrogen-bond donors (Lipinski definition) is 1. The van der Waals surface area contributed by atoms with Crippen molar-refractivity contribution in [3.63, 3.8) is 0 Å². The maximum Gasteiger partial charge on any atom is 0.226 e. The minimum atomic E-state index is 0.0338. The van der Waals surface area contributed by atoms with Gasteiger partial charge in [0.25, 0.3) is 0 Å². The van der Waals surface area contributed by atoms with E-state index < -0.39 is 0 Å². The highest BCUT2D eigenvalue weighted by Gasteiger charge is 2.14. The van der Waals surface area contributed by atoms with Crippen molar-refractivity contribution >= 4 is 11.7 Å². The zero-order valence-electron chi connectivity index (χ0n) is 12.5. The molecule has 1 atom stereocenters. The van der Waals surface area contributed by atoms with Crippen LogP contribution in [0.25, 0.3) is 0 Å². The predicted molar refractivity (Wildman–Crippen MR) is 85.3 cm³/mol. The minimum Gasteiger partial charge on any atom is -0.309 e. The van der Waals surface area contributed by atoms with E-state index in [1.807, 2.05) is 35.1 Å². The van der Waals surface area contributed by atoms with Crippen LogP contribution >= 0.6 is 0 Å². The molecule has 1 aliphatic rings. The lowest BCUT2D eigenvalue weighted by Crippen LogP contribution is -2.15. The third kappa shape index (κ3) is 4.04. The molecule has 22 heavy (non-hydrogen) atoms. The van der Waals surface area contributed by atoms with Gasteiger partial charge in [-0.3, -0.25) is 14.5 Å². The Morgan fingerprint density at radius 3 is 3.09 bits per heavy atom. The zero-order valence-corrected chi connectivity index (χ0v) is 12.5. The molecule has 2 aromatic heterocycles. The second kappa shape index (κ2) is 7.02. The first kappa shape index (κ1) is 14.5. The van der Waals surface area contributed by atoms with Gasteiger partial charge in [-0.2, -0.15) is 5.10 Å². The molecule has 1 unspecified atom stereocenters. The molecule has 0 bridgehead atoms. The van der Waals surface area contributed by atoms with Crippen LogP contribution in [0, 0.1) is 5.92 Å². The van der Waals surface area contributed by atoms with Crippen LogP contribution in [0.1, 0.15) is 25.0 Å². The van der Waals surface area contributed by atoms with E-state index in [2.05, 4.69) is 27.6 Å². The Kier molecular flexibility index (Phi) is 4.63. The number of aryl methyl sites for hydroxylation is 2. The Labute approximate surface area is 130 Å². The number of pyridine rings is 1. The third-order valence-corrected chi connectivity index (χ3v) is 3.79. The number of hydrogen-bond acceptors (Lipinski definition) is 3. The number of aromatic nitrogens is 3. The maximum absolute atomic E-state index is 12.0. The van der Waals surface area contributed by atoms with E-state index in [9.17, 15) is 4.79 Å². The summed E-state index contributed by atoms with van der Waals surface area (Å²) >= 11 is 0. The van der Waals surface area contributed by atoms with E-state index in [-0.39, 0.29) is 5.91 Å². The zero-order chi connectivity index (χ0) is 15.2. The standard InChI is InChI=1S/C17H20N4O/c22-17(13-14-5-1-2-6-14)19-16-9-12-21(20-16)11-8-15-7-3-4-10-18-15/h1,3-5,7,9-10,12,14H,2,6,8,11,13H2,(H,19,20,22). The molecule has 0 fully saturated rings. The summed E-state index contributed by atoms with van der Waals surface area (Å²) in [6.45, 7) is 0.748. The minimum absolute atomic E-state index is 0.0338. The topological polar surface area (TPSA) is 59.8 Å². The Morgan fingerprint density at radius 2 is 2.32 bits per heavy atom. The summed E-state index contributed by atoms with van der Waals surface area (Å²) in [7, 11) is 0. The SMILES string of the molecule is O=C(CC1C=CCC1)Nc1ccn(CCc2ccccn2)n1. The molecule has 0 saturated carbocycles. The van der Waals surface area contributed by atoms with Gasteiger partial charge in [-0.05, 0) is 30.9 Å². The fourth-order valence-corrected chi connectivity index (χ4v) is 2.63. The predicted octanol–water partition coefficient (Wildman–Crippen LogP) is 2.82. The van der Waals surface area contributed by atoms with Gasteiger partial charge in [0.05, 0.1) is 0 Å². The van der Waals surface area contributed by atoms with Crippen molar-refractivity contribution < 1.29 is 4.79 Å². The first-order valence-electron chi connectivity index (χ1n) is 7.69. The molecule has 1 N–H and O–H groups in total.